The first-order chi connectivity index (χ1) is 12.4. The number of carbonyl (C=O) groups excluding carboxylic acids is 1. The van der Waals surface area contributed by atoms with E-state index in [1.807, 2.05) is 0 Å². The number of benzene rings is 1. The van der Waals surface area contributed by atoms with E-state index in [-0.39, 0.29) is 11.3 Å². The van der Waals surface area contributed by atoms with Crippen LogP contribution in [-0.4, -0.2) is 33.0 Å². The highest BCUT2D eigenvalue weighted by Gasteiger charge is 2.22. The van der Waals surface area contributed by atoms with E-state index < -0.39 is 0 Å². The Balaban J connectivity index is 1.68. The molecule has 0 radical (unpaired) electrons. The molecule has 0 unspecified atom stereocenters. The third-order valence-corrected chi connectivity index (χ3v) is 5.63. The van der Waals surface area contributed by atoms with E-state index >= 15 is 0 Å². The molecule has 0 spiro atoms. The molecule has 1 fully saturated rings. The van der Waals surface area contributed by atoms with E-state index in [1.165, 1.54) is 30.2 Å². The Bertz CT molecular complexity index is 757. The Kier molecular flexibility index (Phi) is 5.70. The predicted octanol–water partition coefficient (Wildman–Crippen LogP) is 3.88. The molecular weight excluding hydrogens is 344 g/mol. The molecular formula is C20H28N4OS. The lowest BCUT2D eigenvalue weighted by atomic mass is 9.87. The minimum atomic E-state index is 0.0728. The Morgan fingerprint density at radius 3 is 2.50 bits per heavy atom. The molecule has 6 heteroatoms. The topological polar surface area (TPSA) is 59.8 Å². The summed E-state index contributed by atoms with van der Waals surface area (Å²) in [5.41, 5.74) is 2.48. The maximum Gasteiger partial charge on any atom is 0.230 e. The molecule has 1 aliphatic carbocycles. The molecule has 1 amide bonds. The van der Waals surface area contributed by atoms with Crippen LogP contribution < -0.4 is 5.32 Å². The van der Waals surface area contributed by atoms with Crippen LogP contribution in [0.25, 0.3) is 11.4 Å². The minimum Gasteiger partial charge on any atom is -0.355 e. The molecule has 0 bridgehead atoms. The van der Waals surface area contributed by atoms with Gasteiger partial charge in [0.05, 0.1) is 5.75 Å². The fourth-order valence-electron chi connectivity index (χ4n) is 2.77. The first-order valence-corrected chi connectivity index (χ1v) is 10.3. The SMILES string of the molecule is CCn1c(SCC(=O)NCC2CC2)nnc1-c1ccc(C(C)(C)C)cc1. The fraction of sp³-hybridized carbons (Fsp3) is 0.550. The van der Waals surface area contributed by atoms with Gasteiger partial charge in [-0.15, -0.1) is 10.2 Å². The second kappa shape index (κ2) is 7.82. The van der Waals surface area contributed by atoms with E-state index in [4.69, 9.17) is 0 Å². The van der Waals surface area contributed by atoms with Crippen molar-refractivity contribution in [3.8, 4) is 11.4 Å². The molecule has 0 aliphatic heterocycles. The highest BCUT2D eigenvalue weighted by molar-refractivity contribution is 7.99. The van der Waals surface area contributed by atoms with Crippen LogP contribution in [0.15, 0.2) is 29.4 Å². The van der Waals surface area contributed by atoms with Crippen LogP contribution in [0.2, 0.25) is 0 Å². The summed E-state index contributed by atoms with van der Waals surface area (Å²) < 4.78 is 2.07. The highest BCUT2D eigenvalue weighted by Crippen LogP contribution is 2.28. The smallest absolute Gasteiger partial charge is 0.230 e. The van der Waals surface area contributed by atoms with Crippen molar-refractivity contribution in [2.45, 2.75) is 57.7 Å². The van der Waals surface area contributed by atoms with Crippen molar-refractivity contribution in [3.05, 3.63) is 29.8 Å². The van der Waals surface area contributed by atoms with E-state index in [0.29, 0.717) is 11.7 Å². The van der Waals surface area contributed by atoms with Gasteiger partial charge in [0.2, 0.25) is 5.91 Å². The van der Waals surface area contributed by atoms with Crippen molar-refractivity contribution in [1.29, 1.82) is 0 Å². The molecule has 1 aliphatic rings. The van der Waals surface area contributed by atoms with Gasteiger partial charge in [-0.25, -0.2) is 0 Å². The summed E-state index contributed by atoms with van der Waals surface area (Å²) in [4.78, 5) is 12.0. The van der Waals surface area contributed by atoms with Crippen molar-refractivity contribution in [3.63, 3.8) is 0 Å². The van der Waals surface area contributed by atoms with Crippen LogP contribution in [0.4, 0.5) is 0 Å². The molecule has 26 heavy (non-hydrogen) atoms. The molecule has 5 nitrogen and oxygen atoms in total. The lowest BCUT2D eigenvalue weighted by molar-refractivity contribution is -0.118. The standard InChI is InChI=1S/C20H28N4OS/c1-5-24-18(15-8-10-16(11-9-15)20(2,3)4)22-23-19(24)26-13-17(25)21-12-14-6-7-14/h8-11,14H,5-7,12-13H2,1-4H3,(H,21,25). The Hall–Kier alpha value is -1.82. The maximum absolute atomic E-state index is 12.0. The summed E-state index contributed by atoms with van der Waals surface area (Å²) in [6, 6.07) is 8.52. The summed E-state index contributed by atoms with van der Waals surface area (Å²) >= 11 is 1.45. The molecule has 140 valence electrons. The zero-order chi connectivity index (χ0) is 18.7. The van der Waals surface area contributed by atoms with Crippen molar-refractivity contribution in [1.82, 2.24) is 20.1 Å². The second-order valence-corrected chi connectivity index (χ2v) is 8.86. The highest BCUT2D eigenvalue weighted by atomic mass is 32.2. The van der Waals surface area contributed by atoms with Crippen LogP contribution in [0.3, 0.4) is 0 Å². The fourth-order valence-corrected chi connectivity index (χ4v) is 3.61. The number of amides is 1. The number of hydrogen-bond donors (Lipinski definition) is 1. The van der Waals surface area contributed by atoms with Gasteiger partial charge in [0.25, 0.3) is 0 Å². The number of thioether (sulfide) groups is 1. The van der Waals surface area contributed by atoms with Crippen LogP contribution in [0, 0.1) is 5.92 Å². The number of nitrogens with zero attached hydrogens (tertiary/aromatic N) is 3. The van der Waals surface area contributed by atoms with E-state index in [9.17, 15) is 4.79 Å². The molecule has 3 rings (SSSR count). The third-order valence-electron chi connectivity index (χ3n) is 4.66. The van der Waals surface area contributed by atoms with Gasteiger partial charge < -0.3 is 9.88 Å². The van der Waals surface area contributed by atoms with Crippen LogP contribution >= 0.6 is 11.8 Å². The first kappa shape index (κ1) is 19.0. The number of rotatable bonds is 7. The van der Waals surface area contributed by atoms with Crippen molar-refractivity contribution in [2.24, 2.45) is 5.92 Å². The van der Waals surface area contributed by atoms with E-state index in [0.717, 1.165) is 29.6 Å². The Morgan fingerprint density at radius 1 is 1.23 bits per heavy atom. The first-order valence-electron chi connectivity index (χ1n) is 9.32. The zero-order valence-electron chi connectivity index (χ0n) is 16.1. The molecule has 2 aromatic rings. The van der Waals surface area contributed by atoms with Gasteiger partial charge in [-0.2, -0.15) is 0 Å². The maximum atomic E-state index is 12.0. The van der Waals surface area contributed by atoms with Crippen LogP contribution in [0.5, 0.6) is 0 Å². The van der Waals surface area contributed by atoms with Crippen molar-refractivity contribution >= 4 is 17.7 Å². The van der Waals surface area contributed by atoms with Gasteiger partial charge >= 0.3 is 0 Å². The van der Waals surface area contributed by atoms with E-state index in [1.54, 1.807) is 0 Å². The molecule has 0 atom stereocenters. The van der Waals surface area contributed by atoms with E-state index in [2.05, 4.69) is 72.0 Å². The molecule has 1 aromatic heterocycles. The monoisotopic (exact) mass is 372 g/mol. The summed E-state index contributed by atoms with van der Waals surface area (Å²) in [5.74, 6) is 2.01. The summed E-state index contributed by atoms with van der Waals surface area (Å²) in [5, 5.41) is 12.5. The van der Waals surface area contributed by atoms with Crippen molar-refractivity contribution < 1.29 is 4.79 Å². The zero-order valence-corrected chi connectivity index (χ0v) is 16.9. The number of carbonyl (C=O) groups is 1. The number of aromatic nitrogens is 3. The summed E-state index contributed by atoms with van der Waals surface area (Å²) in [6.45, 7) is 10.3. The lowest BCUT2D eigenvalue weighted by Gasteiger charge is -2.19. The lowest BCUT2D eigenvalue weighted by Crippen LogP contribution is -2.27. The van der Waals surface area contributed by atoms with Gasteiger partial charge in [-0.3, -0.25) is 4.79 Å². The van der Waals surface area contributed by atoms with Crippen molar-refractivity contribution in [2.75, 3.05) is 12.3 Å². The summed E-state index contributed by atoms with van der Waals surface area (Å²) in [7, 11) is 0. The predicted molar refractivity (Wildman–Crippen MR) is 106 cm³/mol. The number of hydrogen-bond acceptors (Lipinski definition) is 4. The minimum absolute atomic E-state index is 0.0728. The molecule has 1 N–H and O–H groups in total. The Labute approximate surface area is 160 Å². The van der Waals surface area contributed by atoms with Gasteiger partial charge in [0.15, 0.2) is 11.0 Å². The molecule has 1 heterocycles. The largest absolute Gasteiger partial charge is 0.355 e. The average Bonchev–Trinajstić information content (AvgIpc) is 3.35. The Morgan fingerprint density at radius 2 is 1.92 bits per heavy atom. The van der Waals surface area contributed by atoms with Gasteiger partial charge in [-0.1, -0.05) is 56.8 Å². The molecule has 0 saturated heterocycles. The normalized spacial score (nSPS) is 14.5. The van der Waals surface area contributed by atoms with Crippen LogP contribution in [-0.2, 0) is 16.8 Å². The van der Waals surface area contributed by atoms with Gasteiger partial charge in [-0.05, 0) is 36.7 Å². The molecule has 1 aromatic carbocycles. The third kappa shape index (κ3) is 4.67. The number of nitrogens with one attached hydrogen (secondary N) is 1. The van der Waals surface area contributed by atoms with Gasteiger partial charge in [0, 0.05) is 18.7 Å². The quantitative estimate of drug-likeness (QED) is 0.749. The average molecular weight is 373 g/mol. The molecule has 1 saturated carbocycles. The van der Waals surface area contributed by atoms with Gasteiger partial charge in [0.1, 0.15) is 0 Å². The van der Waals surface area contributed by atoms with Crippen LogP contribution in [0.1, 0.15) is 46.1 Å². The second-order valence-electron chi connectivity index (χ2n) is 7.91. The summed E-state index contributed by atoms with van der Waals surface area (Å²) in [6.07, 6.45) is 2.49.